The minimum atomic E-state index is -1.98. The lowest BCUT2D eigenvalue weighted by molar-refractivity contribution is -0.384. The molecular formula is C17H14N2O5. The third kappa shape index (κ3) is 2.44. The van der Waals surface area contributed by atoms with Gasteiger partial charge in [-0.15, -0.1) is 0 Å². The minimum absolute atomic E-state index is 0.0755. The number of carbonyl (C=O) groups is 2. The van der Waals surface area contributed by atoms with Gasteiger partial charge in [0.15, 0.2) is 11.4 Å². The van der Waals surface area contributed by atoms with Gasteiger partial charge in [-0.05, 0) is 12.5 Å². The highest BCUT2D eigenvalue weighted by Gasteiger charge is 2.47. The van der Waals surface area contributed by atoms with Gasteiger partial charge in [-0.2, -0.15) is 0 Å². The van der Waals surface area contributed by atoms with Gasteiger partial charge < -0.3 is 10.4 Å². The number of Topliss-reactive ketones (excluding diaryl/α,β-unsaturated/α-hetero) is 1. The van der Waals surface area contributed by atoms with Gasteiger partial charge in [0.2, 0.25) is 0 Å². The fraction of sp³-hybridized carbons (Fsp3) is 0.176. The summed E-state index contributed by atoms with van der Waals surface area (Å²) in [5.74, 6) is -1.23. The predicted molar refractivity (Wildman–Crippen MR) is 85.7 cm³/mol. The predicted octanol–water partition coefficient (Wildman–Crippen LogP) is 2.32. The van der Waals surface area contributed by atoms with Crippen molar-refractivity contribution in [3.8, 4) is 0 Å². The fourth-order valence-corrected chi connectivity index (χ4v) is 2.82. The third-order valence-corrected chi connectivity index (χ3v) is 4.13. The molecule has 0 aromatic heterocycles. The molecule has 0 spiro atoms. The number of anilines is 1. The van der Waals surface area contributed by atoms with Crippen molar-refractivity contribution >= 4 is 23.1 Å². The molecule has 0 radical (unpaired) electrons. The van der Waals surface area contributed by atoms with E-state index in [1.807, 2.05) is 0 Å². The number of nitrogens with one attached hydrogen (secondary N) is 1. The Balaban J connectivity index is 1.95. The van der Waals surface area contributed by atoms with Crippen LogP contribution in [0.3, 0.4) is 0 Å². The van der Waals surface area contributed by atoms with E-state index in [1.165, 1.54) is 18.2 Å². The Morgan fingerprint density at radius 2 is 2.00 bits per heavy atom. The monoisotopic (exact) mass is 326 g/mol. The highest BCUT2D eigenvalue weighted by atomic mass is 16.6. The van der Waals surface area contributed by atoms with E-state index < -0.39 is 28.6 Å². The van der Waals surface area contributed by atoms with E-state index in [0.717, 1.165) is 11.6 Å². The number of non-ortho nitro benzene ring substituents is 1. The number of rotatable bonds is 4. The molecule has 3 rings (SSSR count). The lowest BCUT2D eigenvalue weighted by Gasteiger charge is -2.20. The molecule has 1 heterocycles. The molecule has 0 bridgehead atoms. The number of benzene rings is 2. The van der Waals surface area contributed by atoms with Crippen LogP contribution in [0.25, 0.3) is 0 Å². The summed E-state index contributed by atoms with van der Waals surface area (Å²) in [4.78, 5) is 34.9. The number of aliphatic hydroxyl groups is 1. The number of hydrogen-bond acceptors (Lipinski definition) is 5. The van der Waals surface area contributed by atoms with Gasteiger partial charge >= 0.3 is 0 Å². The normalized spacial score (nSPS) is 18.8. The van der Waals surface area contributed by atoms with Gasteiger partial charge in [0, 0.05) is 23.3 Å². The van der Waals surface area contributed by atoms with E-state index in [0.29, 0.717) is 11.3 Å². The quantitative estimate of drug-likeness (QED) is 0.509. The van der Waals surface area contributed by atoms with Crippen LogP contribution in [0.4, 0.5) is 11.4 Å². The first-order valence-electron chi connectivity index (χ1n) is 7.24. The van der Waals surface area contributed by atoms with Gasteiger partial charge in [0.05, 0.1) is 17.0 Å². The molecule has 0 aliphatic carbocycles. The molecule has 0 saturated carbocycles. The van der Waals surface area contributed by atoms with E-state index in [9.17, 15) is 24.8 Å². The molecule has 1 unspecified atom stereocenters. The summed E-state index contributed by atoms with van der Waals surface area (Å²) >= 11 is 0. The molecule has 2 aromatic rings. The lowest BCUT2D eigenvalue weighted by Crippen LogP contribution is -2.36. The van der Waals surface area contributed by atoms with Crippen molar-refractivity contribution in [1.82, 2.24) is 0 Å². The average molecular weight is 326 g/mol. The SMILES string of the molecule is Cc1cccc2c1NC(=O)C2(O)CC(=O)c1cccc([N+](=O)[O-])c1. The molecule has 24 heavy (non-hydrogen) atoms. The fourth-order valence-electron chi connectivity index (χ4n) is 2.82. The maximum atomic E-state index is 12.5. The van der Waals surface area contributed by atoms with E-state index in [-0.39, 0.29) is 11.3 Å². The van der Waals surface area contributed by atoms with Gasteiger partial charge in [-0.1, -0.05) is 30.3 Å². The lowest BCUT2D eigenvalue weighted by atomic mass is 9.87. The van der Waals surface area contributed by atoms with Gasteiger partial charge in [-0.3, -0.25) is 19.7 Å². The van der Waals surface area contributed by atoms with Crippen LogP contribution in [0.2, 0.25) is 0 Å². The topological polar surface area (TPSA) is 110 Å². The maximum absolute atomic E-state index is 12.5. The van der Waals surface area contributed by atoms with Crippen LogP contribution in [-0.4, -0.2) is 21.7 Å². The Bertz CT molecular complexity index is 877. The zero-order valence-electron chi connectivity index (χ0n) is 12.8. The Hall–Kier alpha value is -3.06. The summed E-state index contributed by atoms with van der Waals surface area (Å²) in [5, 5.41) is 24.2. The van der Waals surface area contributed by atoms with Crippen molar-refractivity contribution in [2.45, 2.75) is 18.9 Å². The van der Waals surface area contributed by atoms with E-state index in [2.05, 4.69) is 5.32 Å². The molecule has 122 valence electrons. The van der Waals surface area contributed by atoms with Gasteiger partial charge in [0.1, 0.15) is 0 Å². The number of nitrogens with zero attached hydrogens (tertiary/aromatic N) is 1. The number of amides is 1. The summed E-state index contributed by atoms with van der Waals surface area (Å²) < 4.78 is 0. The first-order valence-corrected chi connectivity index (χ1v) is 7.24. The second kappa shape index (κ2) is 5.54. The summed E-state index contributed by atoms with van der Waals surface area (Å²) in [5.41, 5.74) is -0.516. The van der Waals surface area contributed by atoms with Crippen molar-refractivity contribution < 1.29 is 19.6 Å². The summed E-state index contributed by atoms with van der Waals surface area (Å²) in [6.45, 7) is 1.78. The van der Waals surface area contributed by atoms with Crippen molar-refractivity contribution in [1.29, 1.82) is 0 Å². The highest BCUT2D eigenvalue weighted by Crippen LogP contribution is 2.40. The number of carbonyl (C=O) groups excluding carboxylic acids is 2. The third-order valence-electron chi connectivity index (χ3n) is 4.13. The minimum Gasteiger partial charge on any atom is -0.375 e. The number of nitro benzene ring substituents is 1. The molecule has 2 N–H and O–H groups in total. The first-order chi connectivity index (χ1) is 11.3. The number of para-hydroxylation sites is 1. The molecule has 2 aromatic carbocycles. The molecule has 0 saturated heterocycles. The largest absolute Gasteiger partial charge is 0.375 e. The standard InChI is InChI=1S/C17H14N2O5/c1-10-4-2-7-13-15(10)18-16(21)17(13,22)9-14(20)11-5-3-6-12(8-11)19(23)24/h2-8,22H,9H2,1H3,(H,18,21). The number of nitro groups is 1. The van der Waals surface area contributed by atoms with Crippen LogP contribution in [0, 0.1) is 17.0 Å². The summed E-state index contributed by atoms with van der Waals surface area (Å²) in [6.07, 6.45) is -0.490. The number of aryl methyl sites for hydroxylation is 1. The first kappa shape index (κ1) is 15.8. The number of ketones is 1. The summed E-state index contributed by atoms with van der Waals surface area (Å²) in [7, 11) is 0. The second-order valence-corrected chi connectivity index (χ2v) is 5.72. The Morgan fingerprint density at radius 3 is 2.71 bits per heavy atom. The molecule has 7 nitrogen and oxygen atoms in total. The van der Waals surface area contributed by atoms with E-state index in [1.54, 1.807) is 25.1 Å². The average Bonchev–Trinajstić information content (AvgIpc) is 2.80. The molecule has 1 amide bonds. The van der Waals surface area contributed by atoms with Crippen molar-refractivity contribution in [2.24, 2.45) is 0 Å². The summed E-state index contributed by atoms with van der Waals surface area (Å²) in [6, 6.07) is 10.3. The molecule has 1 aliphatic heterocycles. The Kier molecular flexibility index (Phi) is 3.65. The zero-order chi connectivity index (χ0) is 17.5. The Labute approximate surface area is 137 Å². The van der Waals surface area contributed by atoms with Gasteiger partial charge in [0.25, 0.3) is 11.6 Å². The van der Waals surface area contributed by atoms with Crippen LogP contribution in [0.1, 0.15) is 27.9 Å². The molecule has 7 heteroatoms. The van der Waals surface area contributed by atoms with Crippen molar-refractivity contribution in [3.05, 3.63) is 69.3 Å². The van der Waals surface area contributed by atoms with Crippen LogP contribution < -0.4 is 5.32 Å². The van der Waals surface area contributed by atoms with Crippen LogP contribution in [0.15, 0.2) is 42.5 Å². The second-order valence-electron chi connectivity index (χ2n) is 5.72. The maximum Gasteiger partial charge on any atom is 0.270 e. The zero-order valence-corrected chi connectivity index (χ0v) is 12.8. The van der Waals surface area contributed by atoms with Crippen molar-refractivity contribution in [2.75, 3.05) is 5.32 Å². The van der Waals surface area contributed by atoms with Crippen LogP contribution in [0.5, 0.6) is 0 Å². The van der Waals surface area contributed by atoms with Crippen LogP contribution in [-0.2, 0) is 10.4 Å². The van der Waals surface area contributed by atoms with Gasteiger partial charge in [-0.25, -0.2) is 0 Å². The molecular weight excluding hydrogens is 312 g/mol. The molecule has 1 atom stereocenters. The Morgan fingerprint density at radius 1 is 1.29 bits per heavy atom. The molecule has 1 aliphatic rings. The van der Waals surface area contributed by atoms with E-state index >= 15 is 0 Å². The van der Waals surface area contributed by atoms with Crippen molar-refractivity contribution in [3.63, 3.8) is 0 Å². The molecule has 0 fully saturated rings. The van der Waals surface area contributed by atoms with E-state index in [4.69, 9.17) is 0 Å². The number of fused-ring (bicyclic) bond motifs is 1. The highest BCUT2D eigenvalue weighted by molar-refractivity contribution is 6.10. The number of hydrogen-bond donors (Lipinski definition) is 2. The smallest absolute Gasteiger partial charge is 0.270 e. The van der Waals surface area contributed by atoms with Crippen LogP contribution >= 0.6 is 0 Å².